The molecule has 0 radical (unpaired) electrons. The SMILES string of the molecule is CCc1nc2c(C)cc(C)nc2n1Cc1ccc(C=CCN2CCN(C3CC3)CC2)cc1.Cl.Cl. The number of aryl methyl sites for hydroxylation is 3. The number of hydrogen-bond acceptors (Lipinski definition) is 4. The van der Waals surface area contributed by atoms with Crippen LogP contribution in [0.15, 0.2) is 36.4 Å². The van der Waals surface area contributed by atoms with E-state index in [0.717, 1.165) is 48.2 Å². The summed E-state index contributed by atoms with van der Waals surface area (Å²) in [5, 5.41) is 0. The van der Waals surface area contributed by atoms with E-state index in [1.165, 1.54) is 55.7 Å². The maximum absolute atomic E-state index is 4.87. The summed E-state index contributed by atoms with van der Waals surface area (Å²) in [6.07, 6.45) is 8.32. The first kappa shape index (κ1) is 26.7. The zero-order chi connectivity index (χ0) is 22.1. The highest BCUT2D eigenvalue weighted by atomic mass is 35.5. The van der Waals surface area contributed by atoms with Crippen LogP contribution in [0.5, 0.6) is 0 Å². The monoisotopic (exact) mass is 501 g/mol. The first-order chi connectivity index (χ1) is 15.6. The van der Waals surface area contributed by atoms with E-state index in [9.17, 15) is 0 Å². The molecule has 3 heterocycles. The molecule has 3 aromatic rings. The van der Waals surface area contributed by atoms with Crippen molar-refractivity contribution in [3.8, 4) is 0 Å². The molecule has 0 atom stereocenters. The van der Waals surface area contributed by atoms with E-state index in [1.807, 2.05) is 0 Å². The van der Waals surface area contributed by atoms with Crippen molar-refractivity contribution in [3.05, 3.63) is 64.6 Å². The van der Waals surface area contributed by atoms with Gasteiger partial charge in [0.05, 0.1) is 6.54 Å². The third-order valence-electron chi connectivity index (χ3n) is 6.88. The number of fused-ring (bicyclic) bond motifs is 1. The quantitative estimate of drug-likeness (QED) is 0.440. The number of imidazole rings is 1. The lowest BCUT2D eigenvalue weighted by Crippen LogP contribution is -2.47. The van der Waals surface area contributed by atoms with Crippen molar-refractivity contribution < 1.29 is 0 Å². The lowest BCUT2D eigenvalue weighted by atomic mass is 10.1. The summed E-state index contributed by atoms with van der Waals surface area (Å²) in [4.78, 5) is 14.9. The van der Waals surface area contributed by atoms with Crippen LogP contribution in [0.4, 0.5) is 0 Å². The highest BCUT2D eigenvalue weighted by Gasteiger charge is 2.30. The smallest absolute Gasteiger partial charge is 0.160 e. The van der Waals surface area contributed by atoms with Crippen LogP contribution in [-0.2, 0) is 13.0 Å². The molecule has 0 amide bonds. The first-order valence-electron chi connectivity index (χ1n) is 12.2. The van der Waals surface area contributed by atoms with Gasteiger partial charge in [0.1, 0.15) is 11.3 Å². The van der Waals surface area contributed by atoms with E-state index in [-0.39, 0.29) is 24.8 Å². The van der Waals surface area contributed by atoms with Gasteiger partial charge in [-0.15, -0.1) is 24.8 Å². The molecule has 5 nitrogen and oxygen atoms in total. The molecule has 1 aromatic carbocycles. The number of halogens is 2. The van der Waals surface area contributed by atoms with E-state index in [1.54, 1.807) is 0 Å². The van der Waals surface area contributed by atoms with E-state index < -0.39 is 0 Å². The van der Waals surface area contributed by atoms with Crippen LogP contribution in [0.3, 0.4) is 0 Å². The molecule has 0 N–H and O–H groups in total. The highest BCUT2D eigenvalue weighted by molar-refractivity contribution is 5.85. The Morgan fingerprint density at radius 3 is 2.32 bits per heavy atom. The fourth-order valence-electron chi connectivity index (χ4n) is 4.89. The molecule has 5 rings (SSSR count). The van der Waals surface area contributed by atoms with Gasteiger partial charge in [-0.3, -0.25) is 9.80 Å². The van der Waals surface area contributed by atoms with Crippen LogP contribution in [0.25, 0.3) is 17.2 Å². The average molecular weight is 503 g/mol. The summed E-state index contributed by atoms with van der Waals surface area (Å²) in [6.45, 7) is 13.1. The summed E-state index contributed by atoms with van der Waals surface area (Å²) >= 11 is 0. The number of benzene rings is 1. The van der Waals surface area contributed by atoms with Gasteiger partial charge in [0.2, 0.25) is 0 Å². The van der Waals surface area contributed by atoms with E-state index in [4.69, 9.17) is 9.97 Å². The number of nitrogens with zero attached hydrogens (tertiary/aromatic N) is 5. The Bertz CT molecular complexity index is 1110. The molecule has 0 bridgehead atoms. The fraction of sp³-hybridized carbons (Fsp3) is 0.481. The maximum Gasteiger partial charge on any atom is 0.160 e. The lowest BCUT2D eigenvalue weighted by molar-refractivity contribution is 0.136. The Balaban J connectivity index is 0.00000162. The van der Waals surface area contributed by atoms with Crippen LogP contribution in [0.2, 0.25) is 0 Å². The van der Waals surface area contributed by atoms with Gasteiger partial charge < -0.3 is 4.57 Å². The van der Waals surface area contributed by atoms with Crippen LogP contribution in [0, 0.1) is 13.8 Å². The van der Waals surface area contributed by atoms with Crippen molar-refractivity contribution in [2.24, 2.45) is 0 Å². The van der Waals surface area contributed by atoms with Crippen LogP contribution < -0.4 is 0 Å². The van der Waals surface area contributed by atoms with Gasteiger partial charge in [0.15, 0.2) is 5.65 Å². The van der Waals surface area contributed by atoms with Crippen LogP contribution >= 0.6 is 24.8 Å². The molecule has 2 aliphatic rings. The lowest BCUT2D eigenvalue weighted by Gasteiger charge is -2.34. The van der Waals surface area contributed by atoms with Gasteiger partial charge in [-0.25, -0.2) is 9.97 Å². The minimum absolute atomic E-state index is 0. The van der Waals surface area contributed by atoms with E-state index in [2.05, 4.69) is 77.6 Å². The molecule has 184 valence electrons. The zero-order valence-corrected chi connectivity index (χ0v) is 22.2. The second-order valence-electron chi connectivity index (χ2n) is 9.43. The molecular weight excluding hydrogens is 465 g/mol. The predicted molar refractivity (Wildman–Crippen MR) is 146 cm³/mol. The Labute approximate surface area is 216 Å². The third-order valence-corrected chi connectivity index (χ3v) is 6.88. The summed E-state index contributed by atoms with van der Waals surface area (Å²) < 4.78 is 2.28. The Morgan fingerprint density at radius 1 is 0.971 bits per heavy atom. The molecule has 2 aromatic heterocycles. The minimum Gasteiger partial charge on any atom is -0.308 e. The van der Waals surface area contributed by atoms with Gasteiger partial charge in [-0.2, -0.15) is 0 Å². The van der Waals surface area contributed by atoms with Gasteiger partial charge >= 0.3 is 0 Å². The second kappa shape index (κ2) is 11.7. The van der Waals surface area contributed by atoms with Gasteiger partial charge in [0, 0.05) is 50.9 Å². The normalized spacial score (nSPS) is 17.1. The second-order valence-corrected chi connectivity index (χ2v) is 9.43. The summed E-state index contributed by atoms with van der Waals surface area (Å²) in [6, 6.07) is 12.0. The molecule has 2 fully saturated rings. The van der Waals surface area contributed by atoms with Gasteiger partial charge in [-0.1, -0.05) is 43.3 Å². The summed E-state index contributed by atoms with van der Waals surface area (Å²) in [5.74, 6) is 1.10. The van der Waals surface area contributed by atoms with Crippen LogP contribution in [0.1, 0.15) is 48.0 Å². The molecule has 1 saturated heterocycles. The number of rotatable bonds is 7. The number of pyridine rings is 1. The molecule has 1 aliphatic heterocycles. The Hall–Kier alpha value is -1.92. The molecule has 34 heavy (non-hydrogen) atoms. The Morgan fingerprint density at radius 2 is 1.68 bits per heavy atom. The fourth-order valence-corrected chi connectivity index (χ4v) is 4.89. The molecule has 1 saturated carbocycles. The number of piperazine rings is 1. The van der Waals surface area contributed by atoms with Gasteiger partial charge in [0.25, 0.3) is 0 Å². The molecule has 0 unspecified atom stereocenters. The maximum atomic E-state index is 4.87. The predicted octanol–water partition coefficient (Wildman–Crippen LogP) is 5.30. The molecule has 0 spiro atoms. The van der Waals surface area contributed by atoms with Crippen molar-refractivity contribution in [3.63, 3.8) is 0 Å². The topological polar surface area (TPSA) is 37.2 Å². The molecule has 7 heteroatoms. The molecule has 1 aliphatic carbocycles. The largest absolute Gasteiger partial charge is 0.308 e. The zero-order valence-electron chi connectivity index (χ0n) is 20.5. The van der Waals surface area contributed by atoms with E-state index in [0.29, 0.717) is 0 Å². The van der Waals surface area contributed by atoms with Crippen molar-refractivity contribution in [1.29, 1.82) is 0 Å². The minimum atomic E-state index is 0. The van der Waals surface area contributed by atoms with Gasteiger partial charge in [-0.05, 0) is 49.4 Å². The first-order valence-corrected chi connectivity index (χ1v) is 12.2. The van der Waals surface area contributed by atoms with Crippen molar-refractivity contribution in [2.45, 2.75) is 52.6 Å². The average Bonchev–Trinajstić information content (AvgIpc) is 3.59. The van der Waals surface area contributed by atoms with Crippen LogP contribution in [-0.4, -0.2) is 63.1 Å². The highest BCUT2D eigenvalue weighted by Crippen LogP contribution is 2.27. The number of aromatic nitrogens is 3. The third kappa shape index (κ3) is 6.01. The summed E-state index contributed by atoms with van der Waals surface area (Å²) in [5.41, 5.74) is 6.84. The van der Waals surface area contributed by atoms with E-state index >= 15 is 0 Å². The molecular formula is C27H37Cl2N5. The Kier molecular flexibility index (Phi) is 9.16. The van der Waals surface area contributed by atoms with Crippen molar-refractivity contribution in [1.82, 2.24) is 24.3 Å². The standard InChI is InChI=1S/C27H35N5.2ClH/c1-4-25-29-26-20(2)18-21(3)28-27(26)32(25)19-23-9-7-22(8-10-23)6-5-13-30-14-16-31(17-15-30)24-11-12-24;;/h5-10,18,24H,4,11-17,19H2,1-3H3;2*1H. The van der Waals surface area contributed by atoms with Crippen molar-refractivity contribution in [2.75, 3.05) is 32.7 Å². The summed E-state index contributed by atoms with van der Waals surface area (Å²) in [7, 11) is 0. The number of hydrogen-bond donors (Lipinski definition) is 0. The van der Waals surface area contributed by atoms with Crippen molar-refractivity contribution >= 4 is 42.1 Å².